The van der Waals surface area contributed by atoms with Crippen LogP contribution in [0.2, 0.25) is 5.02 Å². The van der Waals surface area contributed by atoms with Gasteiger partial charge in [-0.05, 0) is 61.6 Å². The molecule has 21 heavy (non-hydrogen) atoms. The van der Waals surface area contributed by atoms with Gasteiger partial charge in [0.15, 0.2) is 0 Å². The minimum absolute atomic E-state index is 0.252. The molecule has 2 aromatic carbocycles. The number of hydrogen-bond donors (Lipinski definition) is 1. The van der Waals surface area contributed by atoms with Crippen molar-refractivity contribution < 1.29 is 0 Å². The Kier molecular flexibility index (Phi) is 5.44. The number of aryl methyl sites for hydroxylation is 3. The van der Waals surface area contributed by atoms with E-state index in [0.717, 1.165) is 23.6 Å². The maximum absolute atomic E-state index is 6.53. The molecule has 1 atom stereocenters. The van der Waals surface area contributed by atoms with Crippen molar-refractivity contribution in [3.8, 4) is 0 Å². The molecular formula is C19H24ClN. The largest absolute Gasteiger partial charge is 0.310 e. The van der Waals surface area contributed by atoms with Crippen LogP contribution in [0.4, 0.5) is 0 Å². The van der Waals surface area contributed by atoms with Crippen molar-refractivity contribution in [2.45, 2.75) is 40.2 Å². The normalized spacial score (nSPS) is 12.4. The molecule has 2 rings (SSSR count). The molecule has 2 aromatic rings. The second-order valence-corrected chi connectivity index (χ2v) is 6.04. The highest BCUT2D eigenvalue weighted by atomic mass is 35.5. The molecule has 0 heterocycles. The summed E-state index contributed by atoms with van der Waals surface area (Å²) in [5, 5.41) is 4.47. The fraction of sp³-hybridized carbons (Fsp3) is 0.368. The van der Waals surface area contributed by atoms with Gasteiger partial charge in [0.1, 0.15) is 0 Å². The van der Waals surface area contributed by atoms with E-state index in [1.807, 2.05) is 0 Å². The van der Waals surface area contributed by atoms with Crippen molar-refractivity contribution in [3.05, 3.63) is 69.2 Å². The van der Waals surface area contributed by atoms with Crippen LogP contribution in [-0.4, -0.2) is 6.54 Å². The molecule has 0 aliphatic carbocycles. The number of nitrogens with one attached hydrogen (secondary N) is 1. The Hall–Kier alpha value is -1.31. The Bertz CT molecular complexity index is 599. The van der Waals surface area contributed by atoms with Crippen LogP contribution < -0.4 is 5.32 Å². The van der Waals surface area contributed by atoms with E-state index in [2.05, 4.69) is 69.4 Å². The first-order chi connectivity index (χ1) is 10.0. The van der Waals surface area contributed by atoms with Crippen LogP contribution >= 0.6 is 11.6 Å². The Morgan fingerprint density at radius 1 is 0.952 bits per heavy atom. The van der Waals surface area contributed by atoms with Crippen LogP contribution in [0.5, 0.6) is 0 Å². The summed E-state index contributed by atoms with van der Waals surface area (Å²) in [7, 11) is 0. The molecule has 1 unspecified atom stereocenters. The summed E-state index contributed by atoms with van der Waals surface area (Å²) in [5.74, 6) is 0. The number of benzene rings is 2. The molecule has 0 bridgehead atoms. The van der Waals surface area contributed by atoms with Gasteiger partial charge in [-0.1, -0.05) is 54.9 Å². The summed E-state index contributed by atoms with van der Waals surface area (Å²) in [6, 6.07) is 13.0. The Morgan fingerprint density at radius 2 is 1.52 bits per heavy atom. The Morgan fingerprint density at radius 3 is 2.14 bits per heavy atom. The Labute approximate surface area is 133 Å². The second kappa shape index (κ2) is 7.11. The lowest BCUT2D eigenvalue weighted by molar-refractivity contribution is 0.547. The molecule has 0 saturated heterocycles. The zero-order valence-corrected chi connectivity index (χ0v) is 14.1. The third-order valence-corrected chi connectivity index (χ3v) is 4.62. The van der Waals surface area contributed by atoms with Crippen molar-refractivity contribution in [2.75, 3.05) is 6.54 Å². The zero-order chi connectivity index (χ0) is 15.4. The van der Waals surface area contributed by atoms with E-state index in [1.165, 1.54) is 22.3 Å². The fourth-order valence-corrected chi connectivity index (χ4v) is 3.11. The summed E-state index contributed by atoms with van der Waals surface area (Å²) in [6.07, 6.45) is 0.968. The van der Waals surface area contributed by atoms with Gasteiger partial charge in [-0.3, -0.25) is 0 Å². The maximum Gasteiger partial charge on any atom is 0.0483 e. The summed E-state index contributed by atoms with van der Waals surface area (Å²) in [5.41, 5.74) is 6.45. The summed E-state index contributed by atoms with van der Waals surface area (Å²) < 4.78 is 0. The third-order valence-electron chi connectivity index (χ3n) is 4.10. The standard InChI is InChI=1S/C19H24ClN/c1-5-21-18(16-11-7-10-15(4)19(16)20)12-17-13(2)8-6-9-14(17)3/h6-11,18,21H,5,12H2,1-4H3. The SMILES string of the molecule is CCNC(Cc1c(C)cccc1C)c1cccc(C)c1Cl. The first kappa shape index (κ1) is 16.1. The van der Waals surface area contributed by atoms with Gasteiger partial charge in [-0.15, -0.1) is 0 Å². The lowest BCUT2D eigenvalue weighted by atomic mass is 9.92. The van der Waals surface area contributed by atoms with E-state index >= 15 is 0 Å². The molecule has 0 aliphatic heterocycles. The van der Waals surface area contributed by atoms with Crippen LogP contribution in [0.25, 0.3) is 0 Å². The fourth-order valence-electron chi connectivity index (χ4n) is 2.85. The second-order valence-electron chi connectivity index (χ2n) is 5.66. The van der Waals surface area contributed by atoms with Crippen LogP contribution in [0.3, 0.4) is 0 Å². The van der Waals surface area contributed by atoms with Gasteiger partial charge < -0.3 is 5.32 Å². The summed E-state index contributed by atoms with van der Waals surface area (Å²) in [6.45, 7) is 9.50. The van der Waals surface area contributed by atoms with E-state index in [0.29, 0.717) is 0 Å². The van der Waals surface area contributed by atoms with Crippen molar-refractivity contribution in [1.29, 1.82) is 0 Å². The lowest BCUT2D eigenvalue weighted by Crippen LogP contribution is -2.24. The van der Waals surface area contributed by atoms with Gasteiger partial charge in [0.25, 0.3) is 0 Å². The van der Waals surface area contributed by atoms with Gasteiger partial charge in [0.05, 0.1) is 0 Å². The predicted octanol–water partition coefficient (Wildman–Crippen LogP) is 5.16. The quantitative estimate of drug-likeness (QED) is 0.804. The van der Waals surface area contributed by atoms with Gasteiger partial charge in [-0.25, -0.2) is 0 Å². The van der Waals surface area contributed by atoms with Crippen LogP contribution in [0.15, 0.2) is 36.4 Å². The van der Waals surface area contributed by atoms with Gasteiger partial charge >= 0.3 is 0 Å². The minimum Gasteiger partial charge on any atom is -0.310 e. The molecule has 0 saturated carbocycles. The van der Waals surface area contributed by atoms with Crippen LogP contribution in [0.1, 0.15) is 40.8 Å². The molecule has 0 radical (unpaired) electrons. The molecule has 0 aromatic heterocycles. The molecule has 0 amide bonds. The van der Waals surface area contributed by atoms with E-state index in [9.17, 15) is 0 Å². The molecule has 1 nitrogen and oxygen atoms in total. The first-order valence-corrected chi connectivity index (χ1v) is 7.95. The maximum atomic E-state index is 6.53. The minimum atomic E-state index is 0.252. The third kappa shape index (κ3) is 3.66. The van der Waals surface area contributed by atoms with E-state index in [4.69, 9.17) is 11.6 Å². The van der Waals surface area contributed by atoms with Crippen molar-refractivity contribution >= 4 is 11.6 Å². The van der Waals surface area contributed by atoms with E-state index in [1.54, 1.807) is 0 Å². The van der Waals surface area contributed by atoms with E-state index < -0.39 is 0 Å². The number of hydrogen-bond acceptors (Lipinski definition) is 1. The van der Waals surface area contributed by atoms with Crippen molar-refractivity contribution in [3.63, 3.8) is 0 Å². The average Bonchev–Trinajstić information content (AvgIpc) is 2.45. The molecule has 2 heteroatoms. The van der Waals surface area contributed by atoms with Gasteiger partial charge in [0, 0.05) is 11.1 Å². The topological polar surface area (TPSA) is 12.0 Å². The molecule has 0 aliphatic rings. The molecule has 1 N–H and O–H groups in total. The van der Waals surface area contributed by atoms with Crippen LogP contribution in [-0.2, 0) is 6.42 Å². The average molecular weight is 302 g/mol. The number of rotatable bonds is 5. The summed E-state index contributed by atoms with van der Waals surface area (Å²) >= 11 is 6.53. The Balaban J connectivity index is 2.38. The highest BCUT2D eigenvalue weighted by Gasteiger charge is 2.17. The highest BCUT2D eigenvalue weighted by molar-refractivity contribution is 6.32. The molecular weight excluding hydrogens is 278 g/mol. The van der Waals surface area contributed by atoms with Crippen molar-refractivity contribution in [2.24, 2.45) is 0 Å². The predicted molar refractivity (Wildman–Crippen MR) is 92.2 cm³/mol. The molecule has 0 fully saturated rings. The number of halogens is 1. The zero-order valence-electron chi connectivity index (χ0n) is 13.3. The van der Waals surface area contributed by atoms with Gasteiger partial charge in [-0.2, -0.15) is 0 Å². The van der Waals surface area contributed by atoms with Gasteiger partial charge in [0.2, 0.25) is 0 Å². The van der Waals surface area contributed by atoms with Crippen LogP contribution in [0, 0.1) is 20.8 Å². The lowest BCUT2D eigenvalue weighted by Gasteiger charge is -2.22. The smallest absolute Gasteiger partial charge is 0.0483 e. The number of likely N-dealkylation sites (N-methyl/N-ethyl adjacent to an activating group) is 1. The monoisotopic (exact) mass is 301 g/mol. The highest BCUT2D eigenvalue weighted by Crippen LogP contribution is 2.30. The first-order valence-electron chi connectivity index (χ1n) is 7.58. The summed E-state index contributed by atoms with van der Waals surface area (Å²) in [4.78, 5) is 0. The molecule has 0 spiro atoms. The van der Waals surface area contributed by atoms with E-state index in [-0.39, 0.29) is 6.04 Å². The molecule has 112 valence electrons. The van der Waals surface area contributed by atoms with Crippen molar-refractivity contribution in [1.82, 2.24) is 5.32 Å².